The molecule has 2 aromatic heterocycles. The van der Waals surface area contributed by atoms with Crippen LogP contribution in [-0.4, -0.2) is 23.1 Å². The van der Waals surface area contributed by atoms with Crippen LogP contribution in [0.2, 0.25) is 0 Å². The molecule has 2 N–H and O–H groups in total. The lowest BCUT2D eigenvalue weighted by atomic mass is 10.2. The second kappa shape index (κ2) is 5.95. The average molecular weight is 290 g/mol. The van der Waals surface area contributed by atoms with Gasteiger partial charge >= 0.3 is 0 Å². The van der Waals surface area contributed by atoms with Crippen LogP contribution in [0.3, 0.4) is 0 Å². The Morgan fingerprint density at radius 1 is 1.25 bits per heavy atom. The van der Waals surface area contributed by atoms with E-state index in [0.29, 0.717) is 0 Å². The highest BCUT2D eigenvalue weighted by Crippen LogP contribution is 2.33. The fourth-order valence-electron chi connectivity index (χ4n) is 2.32. The van der Waals surface area contributed by atoms with E-state index in [4.69, 9.17) is 0 Å². The molecule has 2 aromatic rings. The van der Waals surface area contributed by atoms with Gasteiger partial charge in [-0.15, -0.1) is 11.3 Å². The SMILES string of the molecule is CCNc1nc(NCCC2CC2)c2cc(CC)sc2n1. The number of nitrogens with zero attached hydrogens (tertiary/aromatic N) is 2. The van der Waals surface area contributed by atoms with Gasteiger partial charge in [-0.1, -0.05) is 19.8 Å². The standard InChI is InChI=1S/C15H22N4S/c1-3-11-9-12-13(17-8-7-10-5-6-10)18-15(16-4-2)19-14(12)20-11/h9-10H,3-8H2,1-2H3,(H2,16,17,18,19). The van der Waals surface area contributed by atoms with Crippen LogP contribution in [0.1, 0.15) is 38.0 Å². The van der Waals surface area contributed by atoms with E-state index < -0.39 is 0 Å². The van der Waals surface area contributed by atoms with E-state index in [2.05, 4.69) is 40.5 Å². The van der Waals surface area contributed by atoms with Gasteiger partial charge in [-0.25, -0.2) is 4.98 Å². The van der Waals surface area contributed by atoms with Gasteiger partial charge in [0, 0.05) is 18.0 Å². The fourth-order valence-corrected chi connectivity index (χ4v) is 3.29. The van der Waals surface area contributed by atoms with Gasteiger partial charge < -0.3 is 10.6 Å². The average Bonchev–Trinajstić information content (AvgIpc) is 3.16. The summed E-state index contributed by atoms with van der Waals surface area (Å²) in [6.07, 6.45) is 5.12. The molecule has 0 saturated heterocycles. The van der Waals surface area contributed by atoms with Crippen LogP contribution in [0.25, 0.3) is 10.2 Å². The Bertz CT molecular complexity index is 589. The summed E-state index contributed by atoms with van der Waals surface area (Å²) in [6, 6.07) is 2.23. The van der Waals surface area contributed by atoms with Crippen molar-refractivity contribution in [2.75, 3.05) is 23.7 Å². The van der Waals surface area contributed by atoms with Crippen LogP contribution in [0.5, 0.6) is 0 Å². The third-order valence-electron chi connectivity index (χ3n) is 3.67. The first-order valence-corrected chi connectivity index (χ1v) is 8.40. The monoisotopic (exact) mass is 290 g/mol. The van der Waals surface area contributed by atoms with Crippen molar-refractivity contribution in [3.05, 3.63) is 10.9 Å². The number of thiophene rings is 1. The molecule has 0 amide bonds. The zero-order chi connectivity index (χ0) is 13.9. The van der Waals surface area contributed by atoms with Gasteiger partial charge in [-0.2, -0.15) is 4.98 Å². The topological polar surface area (TPSA) is 49.8 Å². The van der Waals surface area contributed by atoms with Crippen molar-refractivity contribution in [2.24, 2.45) is 5.92 Å². The smallest absolute Gasteiger partial charge is 0.226 e. The lowest BCUT2D eigenvalue weighted by Crippen LogP contribution is -2.08. The number of aryl methyl sites for hydroxylation is 1. The van der Waals surface area contributed by atoms with Gasteiger partial charge in [0.2, 0.25) is 5.95 Å². The zero-order valence-corrected chi connectivity index (χ0v) is 13.0. The Morgan fingerprint density at radius 3 is 2.80 bits per heavy atom. The summed E-state index contributed by atoms with van der Waals surface area (Å²) in [5, 5.41) is 7.90. The van der Waals surface area contributed by atoms with Crippen molar-refractivity contribution >= 4 is 33.3 Å². The summed E-state index contributed by atoms with van der Waals surface area (Å²) in [4.78, 5) is 11.7. The van der Waals surface area contributed by atoms with Crippen LogP contribution in [-0.2, 0) is 6.42 Å². The number of hydrogen-bond donors (Lipinski definition) is 2. The minimum Gasteiger partial charge on any atom is -0.369 e. The van der Waals surface area contributed by atoms with Crippen molar-refractivity contribution in [3.63, 3.8) is 0 Å². The summed E-state index contributed by atoms with van der Waals surface area (Å²) in [5.74, 6) is 2.67. The van der Waals surface area contributed by atoms with Gasteiger partial charge in [0.05, 0.1) is 5.39 Å². The van der Waals surface area contributed by atoms with E-state index >= 15 is 0 Å². The maximum atomic E-state index is 4.63. The minimum absolute atomic E-state index is 0.735. The number of aromatic nitrogens is 2. The summed E-state index contributed by atoms with van der Waals surface area (Å²) in [5.41, 5.74) is 0. The number of anilines is 2. The van der Waals surface area contributed by atoms with E-state index in [9.17, 15) is 0 Å². The Balaban J connectivity index is 1.86. The van der Waals surface area contributed by atoms with Crippen molar-refractivity contribution in [1.82, 2.24) is 9.97 Å². The lowest BCUT2D eigenvalue weighted by Gasteiger charge is -2.08. The quantitative estimate of drug-likeness (QED) is 0.812. The molecule has 0 atom stereocenters. The van der Waals surface area contributed by atoms with Gasteiger partial charge in [0.15, 0.2) is 0 Å². The zero-order valence-electron chi connectivity index (χ0n) is 12.2. The first-order valence-electron chi connectivity index (χ1n) is 7.58. The van der Waals surface area contributed by atoms with Gasteiger partial charge in [0.25, 0.3) is 0 Å². The molecule has 20 heavy (non-hydrogen) atoms. The van der Waals surface area contributed by atoms with Crippen LogP contribution < -0.4 is 10.6 Å². The van der Waals surface area contributed by atoms with E-state index in [0.717, 1.165) is 42.0 Å². The second-order valence-corrected chi connectivity index (χ2v) is 6.49. The van der Waals surface area contributed by atoms with E-state index in [1.54, 1.807) is 11.3 Å². The van der Waals surface area contributed by atoms with Gasteiger partial charge in [-0.05, 0) is 31.7 Å². The third-order valence-corrected chi connectivity index (χ3v) is 4.84. The van der Waals surface area contributed by atoms with Gasteiger partial charge in [-0.3, -0.25) is 0 Å². The Hall–Kier alpha value is -1.36. The van der Waals surface area contributed by atoms with Gasteiger partial charge in [0.1, 0.15) is 10.6 Å². The largest absolute Gasteiger partial charge is 0.369 e. The molecule has 1 fully saturated rings. The predicted molar refractivity (Wildman–Crippen MR) is 86.8 cm³/mol. The number of fused-ring (bicyclic) bond motifs is 1. The molecule has 0 aromatic carbocycles. The first-order chi connectivity index (χ1) is 9.80. The maximum absolute atomic E-state index is 4.63. The molecule has 2 heterocycles. The molecule has 4 nitrogen and oxygen atoms in total. The first kappa shape index (κ1) is 13.6. The predicted octanol–water partition coefficient (Wildman–Crippen LogP) is 3.90. The molecule has 0 spiro atoms. The highest BCUT2D eigenvalue weighted by Gasteiger charge is 2.20. The second-order valence-electron chi connectivity index (χ2n) is 5.37. The lowest BCUT2D eigenvalue weighted by molar-refractivity contribution is 0.759. The Morgan fingerprint density at radius 2 is 2.10 bits per heavy atom. The summed E-state index contributed by atoms with van der Waals surface area (Å²) in [6.45, 7) is 6.11. The molecule has 108 valence electrons. The van der Waals surface area contributed by atoms with E-state index in [-0.39, 0.29) is 0 Å². The fraction of sp³-hybridized carbons (Fsp3) is 0.600. The van der Waals surface area contributed by atoms with E-state index in [1.165, 1.54) is 29.5 Å². The molecular formula is C15H22N4S. The van der Waals surface area contributed by atoms with Crippen LogP contribution in [0.4, 0.5) is 11.8 Å². The number of nitrogens with one attached hydrogen (secondary N) is 2. The number of rotatable bonds is 7. The van der Waals surface area contributed by atoms with Crippen molar-refractivity contribution in [2.45, 2.75) is 39.5 Å². The van der Waals surface area contributed by atoms with Crippen LogP contribution in [0, 0.1) is 5.92 Å². The van der Waals surface area contributed by atoms with E-state index in [1.807, 2.05) is 0 Å². The molecule has 1 aliphatic carbocycles. The molecule has 1 saturated carbocycles. The van der Waals surface area contributed by atoms with Crippen molar-refractivity contribution in [3.8, 4) is 0 Å². The third kappa shape index (κ3) is 3.03. The molecule has 3 rings (SSSR count). The Labute approximate surface area is 124 Å². The molecule has 5 heteroatoms. The Kier molecular flexibility index (Phi) is 4.05. The van der Waals surface area contributed by atoms with Crippen molar-refractivity contribution < 1.29 is 0 Å². The van der Waals surface area contributed by atoms with Crippen molar-refractivity contribution in [1.29, 1.82) is 0 Å². The number of hydrogen-bond acceptors (Lipinski definition) is 5. The summed E-state index contributed by atoms with van der Waals surface area (Å²) >= 11 is 1.77. The molecule has 0 aliphatic heterocycles. The molecule has 0 radical (unpaired) electrons. The molecular weight excluding hydrogens is 268 g/mol. The minimum atomic E-state index is 0.735. The highest BCUT2D eigenvalue weighted by molar-refractivity contribution is 7.18. The summed E-state index contributed by atoms with van der Waals surface area (Å²) in [7, 11) is 0. The highest BCUT2D eigenvalue weighted by atomic mass is 32.1. The maximum Gasteiger partial charge on any atom is 0.226 e. The van der Waals surface area contributed by atoms with Crippen LogP contribution in [0.15, 0.2) is 6.07 Å². The molecule has 0 unspecified atom stereocenters. The molecule has 0 bridgehead atoms. The normalized spacial score (nSPS) is 14.7. The summed E-state index contributed by atoms with van der Waals surface area (Å²) < 4.78 is 0. The van der Waals surface area contributed by atoms with Crippen LogP contribution >= 0.6 is 11.3 Å². The molecule has 1 aliphatic rings.